The van der Waals surface area contributed by atoms with Gasteiger partial charge in [0.15, 0.2) is 0 Å². The van der Waals surface area contributed by atoms with Crippen molar-refractivity contribution in [2.24, 2.45) is 17.0 Å². The summed E-state index contributed by atoms with van der Waals surface area (Å²) in [5, 5.41) is 14.3. The van der Waals surface area contributed by atoms with E-state index in [-0.39, 0.29) is 23.5 Å². The average Bonchev–Trinajstić information content (AvgIpc) is 3.23. The van der Waals surface area contributed by atoms with Crippen molar-refractivity contribution >= 4 is 34.9 Å². The summed E-state index contributed by atoms with van der Waals surface area (Å²) >= 11 is 12.8. The van der Waals surface area contributed by atoms with Crippen LogP contribution in [-0.4, -0.2) is 29.5 Å². The van der Waals surface area contributed by atoms with Gasteiger partial charge in [0.25, 0.3) is 0 Å². The molecule has 0 radical (unpaired) electrons. The van der Waals surface area contributed by atoms with Gasteiger partial charge in [0, 0.05) is 5.56 Å². The number of benzene rings is 3. The predicted octanol–water partition coefficient (Wildman–Crippen LogP) is 6.94. The molecule has 1 heterocycles. The maximum atomic E-state index is 11.0. The van der Waals surface area contributed by atoms with Gasteiger partial charge in [0.05, 0.1) is 21.5 Å². The lowest BCUT2D eigenvalue weighted by molar-refractivity contribution is 0.0178. The predicted molar refractivity (Wildman–Crippen MR) is 132 cm³/mol. The first-order chi connectivity index (χ1) is 16.3. The average molecular weight is 500 g/mol. The molecular formula is C26H23Cl2NO5. The van der Waals surface area contributed by atoms with Crippen LogP contribution in [0.4, 0.5) is 0 Å². The van der Waals surface area contributed by atoms with Gasteiger partial charge in [-0.2, -0.15) is 0 Å². The summed E-state index contributed by atoms with van der Waals surface area (Å²) in [4.78, 5) is 16.7. The molecule has 4 rings (SSSR count). The van der Waals surface area contributed by atoms with Crippen molar-refractivity contribution in [2.45, 2.75) is 20.0 Å². The van der Waals surface area contributed by atoms with E-state index in [1.165, 1.54) is 12.1 Å². The Morgan fingerprint density at radius 3 is 2.09 bits per heavy atom. The number of hydrogen-bond acceptors (Lipinski definition) is 5. The molecule has 0 fully saturated rings. The third kappa shape index (κ3) is 5.29. The molecule has 0 aliphatic carbocycles. The van der Waals surface area contributed by atoms with Crippen LogP contribution in [0.1, 0.15) is 29.8 Å². The van der Waals surface area contributed by atoms with Crippen molar-refractivity contribution in [1.82, 2.24) is 0 Å². The van der Waals surface area contributed by atoms with Crippen molar-refractivity contribution in [1.29, 1.82) is 0 Å². The lowest BCUT2D eigenvalue weighted by atomic mass is 9.87. The van der Waals surface area contributed by atoms with Gasteiger partial charge in [-0.1, -0.05) is 48.3 Å². The van der Waals surface area contributed by atoms with Crippen molar-refractivity contribution in [3.8, 4) is 17.2 Å². The number of ether oxygens (including phenoxy) is 2. The maximum absolute atomic E-state index is 11.0. The van der Waals surface area contributed by atoms with Crippen LogP contribution in [0.3, 0.4) is 0 Å². The summed E-state index contributed by atoms with van der Waals surface area (Å²) in [6, 6.07) is 18.7. The minimum Gasteiger partial charge on any atom is -0.493 e. The van der Waals surface area contributed by atoms with Gasteiger partial charge in [0.1, 0.15) is 35.7 Å². The van der Waals surface area contributed by atoms with Crippen LogP contribution in [0.15, 0.2) is 71.9 Å². The summed E-state index contributed by atoms with van der Waals surface area (Å²) < 4.78 is 11.9. The SMILES string of the molecule is CC(C)C1ON=C(c2c(Cl)cccc2Cl)C1COc1ccc(Oc2ccc(C(=O)O)cc2)cc1. The Balaban J connectivity index is 1.44. The van der Waals surface area contributed by atoms with E-state index in [9.17, 15) is 4.79 Å². The lowest BCUT2D eigenvalue weighted by Crippen LogP contribution is -2.33. The van der Waals surface area contributed by atoms with Gasteiger partial charge in [-0.15, -0.1) is 0 Å². The number of nitrogens with zero attached hydrogens (tertiary/aromatic N) is 1. The molecule has 2 atom stereocenters. The Bertz CT molecular complexity index is 1170. The zero-order valence-corrected chi connectivity index (χ0v) is 20.1. The van der Waals surface area contributed by atoms with Crippen LogP contribution in [0.25, 0.3) is 0 Å². The first-order valence-electron chi connectivity index (χ1n) is 10.8. The molecule has 0 saturated carbocycles. The molecular weight excluding hydrogens is 477 g/mol. The Hall–Kier alpha value is -3.22. The Morgan fingerprint density at radius 2 is 1.53 bits per heavy atom. The second-order valence-corrected chi connectivity index (χ2v) is 9.02. The smallest absolute Gasteiger partial charge is 0.335 e. The number of carboxylic acid groups (broad SMARTS) is 1. The van der Waals surface area contributed by atoms with E-state index in [0.717, 1.165) is 0 Å². The van der Waals surface area contributed by atoms with Crippen molar-refractivity contribution in [2.75, 3.05) is 6.61 Å². The fraction of sp³-hybridized carbons (Fsp3) is 0.231. The van der Waals surface area contributed by atoms with E-state index in [1.54, 1.807) is 54.6 Å². The van der Waals surface area contributed by atoms with Gasteiger partial charge in [0.2, 0.25) is 0 Å². The van der Waals surface area contributed by atoms with E-state index >= 15 is 0 Å². The number of aromatic carboxylic acids is 1. The fourth-order valence-corrected chi connectivity index (χ4v) is 4.33. The summed E-state index contributed by atoms with van der Waals surface area (Å²) in [5.74, 6) is 0.877. The molecule has 8 heteroatoms. The molecule has 0 aromatic heterocycles. The first-order valence-corrected chi connectivity index (χ1v) is 11.5. The number of hydrogen-bond donors (Lipinski definition) is 1. The van der Waals surface area contributed by atoms with Crippen LogP contribution < -0.4 is 9.47 Å². The number of rotatable bonds is 8. The van der Waals surface area contributed by atoms with Gasteiger partial charge in [-0.05, 0) is 66.6 Å². The number of carbonyl (C=O) groups is 1. The normalized spacial score (nSPS) is 17.3. The van der Waals surface area contributed by atoms with Crippen LogP contribution >= 0.6 is 23.2 Å². The van der Waals surface area contributed by atoms with Crippen molar-refractivity contribution in [3.63, 3.8) is 0 Å². The Labute approximate surface area is 207 Å². The topological polar surface area (TPSA) is 77.3 Å². The molecule has 0 amide bonds. The van der Waals surface area contributed by atoms with Crippen LogP contribution in [0.5, 0.6) is 17.2 Å². The number of oxime groups is 1. The minimum atomic E-state index is -0.981. The standard InChI is InChI=1S/C26H23Cl2NO5/c1-15(2)25-20(24(29-34-25)23-21(27)4-3-5-22(23)28)14-32-17-10-12-19(13-11-17)33-18-8-6-16(7-9-18)26(30)31/h3-13,15,20,25H,14H2,1-2H3,(H,30,31). The largest absolute Gasteiger partial charge is 0.493 e. The third-order valence-corrected chi connectivity index (χ3v) is 6.12. The van der Waals surface area contributed by atoms with Gasteiger partial charge < -0.3 is 19.4 Å². The lowest BCUT2D eigenvalue weighted by Gasteiger charge is -2.22. The first kappa shape index (κ1) is 23.9. The fourth-order valence-electron chi connectivity index (χ4n) is 3.74. The number of carboxylic acids is 1. The van der Waals surface area contributed by atoms with E-state index < -0.39 is 5.97 Å². The van der Waals surface area contributed by atoms with Gasteiger partial charge >= 0.3 is 5.97 Å². The summed E-state index contributed by atoms with van der Waals surface area (Å²) in [6.07, 6.45) is -0.168. The van der Waals surface area contributed by atoms with Crippen molar-refractivity contribution < 1.29 is 24.2 Å². The van der Waals surface area contributed by atoms with Crippen LogP contribution in [0.2, 0.25) is 10.0 Å². The zero-order chi connectivity index (χ0) is 24.2. The molecule has 0 spiro atoms. The summed E-state index contributed by atoms with van der Waals surface area (Å²) in [5.41, 5.74) is 1.55. The molecule has 176 valence electrons. The highest BCUT2D eigenvalue weighted by Gasteiger charge is 2.39. The van der Waals surface area contributed by atoms with Crippen molar-refractivity contribution in [3.05, 3.63) is 87.9 Å². The van der Waals surface area contributed by atoms with E-state index in [2.05, 4.69) is 19.0 Å². The minimum absolute atomic E-state index is 0.152. The van der Waals surface area contributed by atoms with Gasteiger partial charge in [-0.25, -0.2) is 4.79 Å². The molecule has 1 aliphatic rings. The Morgan fingerprint density at radius 1 is 0.971 bits per heavy atom. The highest BCUT2D eigenvalue weighted by molar-refractivity contribution is 6.40. The van der Waals surface area contributed by atoms with E-state index in [4.69, 9.17) is 42.6 Å². The molecule has 0 bridgehead atoms. The molecule has 2 unspecified atom stereocenters. The quantitative estimate of drug-likeness (QED) is 0.363. The Kier molecular flexibility index (Phi) is 7.29. The molecule has 34 heavy (non-hydrogen) atoms. The maximum Gasteiger partial charge on any atom is 0.335 e. The highest BCUT2D eigenvalue weighted by Crippen LogP contribution is 2.35. The molecule has 3 aromatic carbocycles. The molecule has 1 N–H and O–H groups in total. The highest BCUT2D eigenvalue weighted by atomic mass is 35.5. The number of halogens is 2. The van der Waals surface area contributed by atoms with Crippen LogP contribution in [-0.2, 0) is 4.84 Å². The molecule has 6 nitrogen and oxygen atoms in total. The van der Waals surface area contributed by atoms with E-state index in [0.29, 0.717) is 45.2 Å². The second kappa shape index (κ2) is 10.4. The van der Waals surface area contributed by atoms with Crippen LogP contribution in [0, 0.1) is 11.8 Å². The molecule has 0 saturated heterocycles. The van der Waals surface area contributed by atoms with E-state index in [1.807, 2.05) is 0 Å². The monoisotopic (exact) mass is 499 g/mol. The molecule has 3 aromatic rings. The zero-order valence-electron chi connectivity index (χ0n) is 18.6. The summed E-state index contributed by atoms with van der Waals surface area (Å²) in [7, 11) is 0. The molecule has 1 aliphatic heterocycles. The third-order valence-electron chi connectivity index (χ3n) is 5.49. The second-order valence-electron chi connectivity index (χ2n) is 8.21. The summed E-state index contributed by atoms with van der Waals surface area (Å²) in [6.45, 7) is 4.47. The van der Waals surface area contributed by atoms with Gasteiger partial charge in [-0.3, -0.25) is 0 Å².